The Hall–Kier alpha value is -1.51. The van der Waals surface area contributed by atoms with Gasteiger partial charge in [0.05, 0.1) is 5.41 Å². The summed E-state index contributed by atoms with van der Waals surface area (Å²) in [6.45, 7) is 8.08. The van der Waals surface area contributed by atoms with Crippen molar-refractivity contribution in [3.8, 4) is 11.5 Å². The maximum absolute atomic E-state index is 12.3. The van der Waals surface area contributed by atoms with Crippen LogP contribution in [0, 0.1) is 11.3 Å². The van der Waals surface area contributed by atoms with Crippen LogP contribution < -0.4 is 4.74 Å². The molecule has 0 aliphatic rings. The predicted molar refractivity (Wildman–Crippen MR) is 71.6 cm³/mol. The summed E-state index contributed by atoms with van der Waals surface area (Å²) in [5.41, 5.74) is -0.466. The molecule has 0 saturated heterocycles. The molecule has 1 rings (SSSR count). The molecule has 0 aliphatic carbocycles. The Morgan fingerprint density at radius 3 is 2.33 bits per heavy atom. The van der Waals surface area contributed by atoms with E-state index in [-0.39, 0.29) is 17.6 Å². The van der Waals surface area contributed by atoms with Crippen LogP contribution in [0.1, 0.15) is 40.5 Å². The predicted octanol–water partition coefficient (Wildman–Crippen LogP) is 3.76. The molecule has 18 heavy (non-hydrogen) atoms. The smallest absolute Gasteiger partial charge is 0.317 e. The van der Waals surface area contributed by atoms with Crippen LogP contribution in [0.5, 0.6) is 11.5 Å². The SMILES string of the molecule is CCCC(C)(C(=O)Oc1ccc(O)cc1)C(C)C. The Labute approximate surface area is 109 Å². The molecule has 1 N–H and O–H groups in total. The van der Waals surface area contributed by atoms with Crippen LogP contribution in [-0.2, 0) is 4.79 Å². The third-order valence-electron chi connectivity index (χ3n) is 3.56. The molecule has 1 atom stereocenters. The van der Waals surface area contributed by atoms with E-state index in [1.165, 1.54) is 12.1 Å². The van der Waals surface area contributed by atoms with Gasteiger partial charge in [-0.25, -0.2) is 0 Å². The first-order valence-electron chi connectivity index (χ1n) is 6.41. The van der Waals surface area contributed by atoms with Gasteiger partial charge in [0.2, 0.25) is 0 Å². The number of esters is 1. The van der Waals surface area contributed by atoms with Crippen molar-refractivity contribution in [1.82, 2.24) is 0 Å². The van der Waals surface area contributed by atoms with Gasteiger partial charge in [-0.2, -0.15) is 0 Å². The second kappa shape index (κ2) is 5.89. The normalized spacial score (nSPS) is 14.3. The quantitative estimate of drug-likeness (QED) is 0.639. The van der Waals surface area contributed by atoms with Crippen LogP contribution in [0.25, 0.3) is 0 Å². The van der Waals surface area contributed by atoms with E-state index in [4.69, 9.17) is 4.74 Å². The summed E-state index contributed by atoms with van der Waals surface area (Å²) in [5.74, 6) is 0.655. The third kappa shape index (κ3) is 3.25. The van der Waals surface area contributed by atoms with Crippen molar-refractivity contribution >= 4 is 5.97 Å². The number of phenols is 1. The molecule has 0 amide bonds. The number of hydrogen-bond donors (Lipinski definition) is 1. The fourth-order valence-electron chi connectivity index (χ4n) is 1.88. The van der Waals surface area contributed by atoms with E-state index in [0.29, 0.717) is 5.75 Å². The molecule has 0 aromatic heterocycles. The molecular weight excluding hydrogens is 228 g/mol. The molecule has 1 aromatic carbocycles. The highest BCUT2D eigenvalue weighted by atomic mass is 16.5. The van der Waals surface area contributed by atoms with Gasteiger partial charge >= 0.3 is 5.97 Å². The first kappa shape index (κ1) is 14.6. The summed E-state index contributed by atoms with van der Waals surface area (Å²) in [4.78, 5) is 12.3. The van der Waals surface area contributed by atoms with E-state index in [9.17, 15) is 9.90 Å². The zero-order valence-electron chi connectivity index (χ0n) is 11.6. The molecule has 100 valence electrons. The van der Waals surface area contributed by atoms with E-state index in [1.54, 1.807) is 12.1 Å². The zero-order chi connectivity index (χ0) is 13.8. The standard InChI is InChI=1S/C15H22O3/c1-5-10-15(4,11(2)3)14(17)18-13-8-6-12(16)7-9-13/h6-9,11,16H,5,10H2,1-4H3. The van der Waals surface area contributed by atoms with Crippen LogP contribution in [0.2, 0.25) is 0 Å². The second-order valence-corrected chi connectivity index (χ2v) is 5.21. The van der Waals surface area contributed by atoms with E-state index in [1.807, 2.05) is 20.8 Å². The van der Waals surface area contributed by atoms with Crippen molar-refractivity contribution in [3.63, 3.8) is 0 Å². The molecule has 3 heteroatoms. The third-order valence-corrected chi connectivity index (χ3v) is 3.56. The molecule has 0 radical (unpaired) electrons. The zero-order valence-corrected chi connectivity index (χ0v) is 11.6. The Bertz CT molecular complexity index is 395. The minimum atomic E-state index is -0.466. The first-order valence-corrected chi connectivity index (χ1v) is 6.41. The highest BCUT2D eigenvalue weighted by Crippen LogP contribution is 2.34. The molecular formula is C15H22O3. The molecule has 3 nitrogen and oxygen atoms in total. The summed E-state index contributed by atoms with van der Waals surface area (Å²) in [5, 5.41) is 9.18. The summed E-state index contributed by atoms with van der Waals surface area (Å²) >= 11 is 0. The van der Waals surface area contributed by atoms with E-state index in [2.05, 4.69) is 6.92 Å². The number of carbonyl (C=O) groups is 1. The lowest BCUT2D eigenvalue weighted by Gasteiger charge is -2.30. The van der Waals surface area contributed by atoms with Gasteiger partial charge < -0.3 is 9.84 Å². The summed E-state index contributed by atoms with van der Waals surface area (Å²) in [6, 6.07) is 6.21. The summed E-state index contributed by atoms with van der Waals surface area (Å²) < 4.78 is 5.40. The van der Waals surface area contributed by atoms with Crippen LogP contribution in [0.3, 0.4) is 0 Å². The monoisotopic (exact) mass is 250 g/mol. The highest BCUT2D eigenvalue weighted by Gasteiger charge is 2.37. The summed E-state index contributed by atoms with van der Waals surface area (Å²) in [6.07, 6.45) is 1.75. The summed E-state index contributed by atoms with van der Waals surface area (Å²) in [7, 11) is 0. The topological polar surface area (TPSA) is 46.5 Å². The lowest BCUT2D eigenvalue weighted by atomic mass is 9.75. The van der Waals surface area contributed by atoms with Crippen molar-refractivity contribution in [2.45, 2.75) is 40.5 Å². The molecule has 1 aromatic rings. The average Bonchev–Trinajstić information content (AvgIpc) is 2.32. The maximum Gasteiger partial charge on any atom is 0.317 e. The molecule has 1 unspecified atom stereocenters. The van der Waals surface area contributed by atoms with Crippen molar-refractivity contribution in [2.24, 2.45) is 11.3 Å². The average molecular weight is 250 g/mol. The molecule has 0 heterocycles. The molecule has 0 fully saturated rings. The van der Waals surface area contributed by atoms with Crippen LogP contribution in [-0.4, -0.2) is 11.1 Å². The number of ether oxygens (including phenoxy) is 1. The van der Waals surface area contributed by atoms with Gasteiger partial charge in [-0.15, -0.1) is 0 Å². The Balaban J connectivity index is 2.82. The second-order valence-electron chi connectivity index (χ2n) is 5.21. The molecule has 0 saturated carbocycles. The Morgan fingerprint density at radius 2 is 1.89 bits per heavy atom. The van der Waals surface area contributed by atoms with E-state index >= 15 is 0 Å². The van der Waals surface area contributed by atoms with Crippen molar-refractivity contribution in [3.05, 3.63) is 24.3 Å². The lowest BCUT2D eigenvalue weighted by molar-refractivity contribution is -0.148. The lowest BCUT2D eigenvalue weighted by Crippen LogP contribution is -2.36. The highest BCUT2D eigenvalue weighted by molar-refractivity contribution is 5.79. The van der Waals surface area contributed by atoms with Gasteiger partial charge in [-0.05, 0) is 43.5 Å². The van der Waals surface area contributed by atoms with Crippen LogP contribution in [0.4, 0.5) is 0 Å². The van der Waals surface area contributed by atoms with Crippen molar-refractivity contribution in [2.75, 3.05) is 0 Å². The van der Waals surface area contributed by atoms with E-state index < -0.39 is 5.41 Å². The van der Waals surface area contributed by atoms with E-state index in [0.717, 1.165) is 12.8 Å². The number of carbonyl (C=O) groups excluding carboxylic acids is 1. The number of aromatic hydroxyl groups is 1. The van der Waals surface area contributed by atoms with Crippen LogP contribution in [0.15, 0.2) is 24.3 Å². The minimum Gasteiger partial charge on any atom is -0.508 e. The number of benzene rings is 1. The van der Waals surface area contributed by atoms with Crippen LogP contribution >= 0.6 is 0 Å². The van der Waals surface area contributed by atoms with Crippen molar-refractivity contribution in [1.29, 1.82) is 0 Å². The Kier molecular flexibility index (Phi) is 4.76. The van der Waals surface area contributed by atoms with Gasteiger partial charge in [0.15, 0.2) is 0 Å². The number of hydrogen-bond acceptors (Lipinski definition) is 3. The van der Waals surface area contributed by atoms with Crippen molar-refractivity contribution < 1.29 is 14.6 Å². The van der Waals surface area contributed by atoms with Gasteiger partial charge in [0.1, 0.15) is 11.5 Å². The molecule has 0 aliphatic heterocycles. The fraction of sp³-hybridized carbons (Fsp3) is 0.533. The van der Waals surface area contributed by atoms with Gasteiger partial charge in [0.25, 0.3) is 0 Å². The Morgan fingerprint density at radius 1 is 1.33 bits per heavy atom. The first-order chi connectivity index (χ1) is 8.40. The number of phenolic OH excluding ortho intramolecular Hbond substituents is 1. The number of rotatable bonds is 5. The minimum absolute atomic E-state index is 0.162. The fourth-order valence-corrected chi connectivity index (χ4v) is 1.88. The molecule has 0 spiro atoms. The molecule has 0 bridgehead atoms. The van der Waals surface area contributed by atoms with Gasteiger partial charge in [-0.3, -0.25) is 4.79 Å². The van der Waals surface area contributed by atoms with Gasteiger partial charge in [0, 0.05) is 0 Å². The largest absolute Gasteiger partial charge is 0.508 e. The maximum atomic E-state index is 12.3. The van der Waals surface area contributed by atoms with Gasteiger partial charge in [-0.1, -0.05) is 27.2 Å².